The molecule has 2 fully saturated rings. The number of halogens is 2. The molecule has 21 heavy (non-hydrogen) atoms. The van der Waals surface area contributed by atoms with Gasteiger partial charge in [0.1, 0.15) is 11.6 Å². The van der Waals surface area contributed by atoms with Gasteiger partial charge in [-0.15, -0.1) is 0 Å². The molecule has 0 spiro atoms. The molecule has 1 aromatic carbocycles. The smallest absolute Gasteiger partial charge is 0.126 e. The molecule has 1 aromatic rings. The largest absolute Gasteiger partial charge is 0.324 e. The second-order valence-electron chi connectivity index (χ2n) is 6.74. The lowest BCUT2D eigenvalue weighted by atomic mass is 10.0. The molecule has 116 valence electrons. The van der Waals surface area contributed by atoms with Crippen molar-refractivity contribution in [3.63, 3.8) is 0 Å². The summed E-state index contributed by atoms with van der Waals surface area (Å²) in [6.07, 6.45) is 6.15. The predicted molar refractivity (Wildman–Crippen MR) is 79.8 cm³/mol. The average molecular weight is 294 g/mol. The normalized spacial score (nSPS) is 20.0. The van der Waals surface area contributed by atoms with E-state index in [1.807, 2.05) is 0 Å². The summed E-state index contributed by atoms with van der Waals surface area (Å²) in [6.45, 7) is 3.26. The van der Waals surface area contributed by atoms with Crippen molar-refractivity contribution in [2.45, 2.75) is 38.1 Å². The summed E-state index contributed by atoms with van der Waals surface area (Å²) in [5.74, 6) is 0.639. The first-order valence-electron chi connectivity index (χ1n) is 8.04. The number of benzene rings is 1. The number of rotatable bonds is 8. The van der Waals surface area contributed by atoms with Crippen molar-refractivity contribution < 1.29 is 8.78 Å². The van der Waals surface area contributed by atoms with Crippen molar-refractivity contribution in [2.75, 3.05) is 19.6 Å². The molecular weight excluding hydrogens is 270 g/mol. The Morgan fingerprint density at radius 2 is 1.52 bits per heavy atom. The number of nitrogens with two attached hydrogens (primary N) is 1. The molecule has 0 saturated heterocycles. The van der Waals surface area contributed by atoms with Crippen LogP contribution in [-0.2, 0) is 0 Å². The molecule has 2 N–H and O–H groups in total. The van der Waals surface area contributed by atoms with E-state index in [4.69, 9.17) is 5.73 Å². The molecule has 0 aliphatic heterocycles. The first kappa shape index (κ1) is 14.9. The maximum absolute atomic E-state index is 13.2. The van der Waals surface area contributed by atoms with Crippen LogP contribution < -0.4 is 5.73 Å². The van der Waals surface area contributed by atoms with Gasteiger partial charge in [0, 0.05) is 25.2 Å². The van der Waals surface area contributed by atoms with Crippen LogP contribution >= 0.6 is 0 Å². The van der Waals surface area contributed by atoms with Crippen molar-refractivity contribution in [3.05, 3.63) is 35.4 Å². The molecule has 2 nitrogen and oxygen atoms in total. The molecule has 3 rings (SSSR count). The Morgan fingerprint density at radius 3 is 2.00 bits per heavy atom. The zero-order valence-corrected chi connectivity index (χ0v) is 12.4. The van der Waals surface area contributed by atoms with Gasteiger partial charge in [0.2, 0.25) is 0 Å². The number of hydrogen-bond acceptors (Lipinski definition) is 2. The van der Waals surface area contributed by atoms with Crippen molar-refractivity contribution >= 4 is 0 Å². The van der Waals surface area contributed by atoms with Gasteiger partial charge in [0.05, 0.1) is 0 Å². The van der Waals surface area contributed by atoms with Crippen LogP contribution in [0.2, 0.25) is 0 Å². The van der Waals surface area contributed by atoms with Crippen molar-refractivity contribution in [1.29, 1.82) is 0 Å². The van der Waals surface area contributed by atoms with Crippen molar-refractivity contribution in [2.24, 2.45) is 17.6 Å². The van der Waals surface area contributed by atoms with E-state index in [2.05, 4.69) is 4.90 Å². The number of hydrogen-bond donors (Lipinski definition) is 1. The van der Waals surface area contributed by atoms with Gasteiger partial charge in [0.15, 0.2) is 0 Å². The molecular formula is C17H24F2N2. The molecule has 4 heteroatoms. The van der Waals surface area contributed by atoms with E-state index in [0.717, 1.165) is 30.9 Å². The Bertz CT molecular complexity index is 449. The third-order valence-corrected chi connectivity index (χ3v) is 4.50. The van der Waals surface area contributed by atoms with Crippen LogP contribution in [0.4, 0.5) is 8.78 Å². The summed E-state index contributed by atoms with van der Waals surface area (Å²) < 4.78 is 26.5. The molecule has 2 aliphatic carbocycles. The minimum atomic E-state index is -0.548. The quantitative estimate of drug-likeness (QED) is 0.795. The lowest BCUT2D eigenvalue weighted by Gasteiger charge is -2.24. The number of nitrogens with zero attached hydrogens (tertiary/aromatic N) is 1. The lowest BCUT2D eigenvalue weighted by molar-refractivity contribution is 0.243. The minimum absolute atomic E-state index is 0.295. The van der Waals surface area contributed by atoms with Crippen molar-refractivity contribution in [1.82, 2.24) is 4.90 Å². The Labute approximate surface area is 125 Å². The van der Waals surface area contributed by atoms with Crippen LogP contribution in [0.1, 0.15) is 43.7 Å². The second-order valence-corrected chi connectivity index (χ2v) is 6.74. The highest BCUT2D eigenvalue weighted by Gasteiger charge is 2.29. The predicted octanol–water partition coefficient (Wildman–Crippen LogP) is 3.48. The summed E-state index contributed by atoms with van der Waals surface area (Å²) in [5, 5.41) is 0. The van der Waals surface area contributed by atoms with E-state index in [1.54, 1.807) is 0 Å². The highest BCUT2D eigenvalue weighted by molar-refractivity contribution is 5.21. The zero-order chi connectivity index (χ0) is 14.8. The fourth-order valence-electron chi connectivity index (χ4n) is 2.87. The summed E-state index contributed by atoms with van der Waals surface area (Å²) in [7, 11) is 0. The summed E-state index contributed by atoms with van der Waals surface area (Å²) in [6, 6.07) is 3.29. The Hall–Kier alpha value is -1.00. The molecule has 1 unspecified atom stereocenters. The van der Waals surface area contributed by atoms with E-state index in [0.29, 0.717) is 5.56 Å². The van der Waals surface area contributed by atoms with Crippen LogP contribution in [0.3, 0.4) is 0 Å². The van der Waals surface area contributed by atoms with Gasteiger partial charge >= 0.3 is 0 Å². The molecule has 2 aliphatic rings. The van der Waals surface area contributed by atoms with Crippen LogP contribution in [0, 0.1) is 23.5 Å². The first-order valence-corrected chi connectivity index (χ1v) is 8.04. The highest BCUT2D eigenvalue weighted by atomic mass is 19.1. The third kappa shape index (κ3) is 4.75. The third-order valence-electron chi connectivity index (χ3n) is 4.50. The van der Waals surface area contributed by atoms with E-state index < -0.39 is 11.6 Å². The average Bonchev–Trinajstić information content (AvgIpc) is 3.30. The van der Waals surface area contributed by atoms with E-state index >= 15 is 0 Å². The summed E-state index contributed by atoms with van der Waals surface area (Å²) in [4.78, 5) is 2.50. The van der Waals surface area contributed by atoms with Gasteiger partial charge in [-0.2, -0.15) is 0 Å². The minimum Gasteiger partial charge on any atom is -0.324 e. The van der Waals surface area contributed by atoms with E-state index in [-0.39, 0.29) is 6.04 Å². The summed E-state index contributed by atoms with van der Waals surface area (Å²) in [5.41, 5.74) is 6.67. The van der Waals surface area contributed by atoms with Crippen LogP contribution in [-0.4, -0.2) is 24.5 Å². The second kappa shape index (κ2) is 6.41. The van der Waals surface area contributed by atoms with E-state index in [1.165, 1.54) is 50.9 Å². The summed E-state index contributed by atoms with van der Waals surface area (Å²) >= 11 is 0. The van der Waals surface area contributed by atoms with E-state index in [9.17, 15) is 8.78 Å². The molecule has 1 atom stereocenters. The van der Waals surface area contributed by atoms with Crippen LogP contribution in [0.5, 0.6) is 0 Å². The van der Waals surface area contributed by atoms with Gasteiger partial charge in [-0.05, 0) is 68.2 Å². The molecule has 0 radical (unpaired) electrons. The Morgan fingerprint density at radius 1 is 1.00 bits per heavy atom. The molecule has 0 bridgehead atoms. The van der Waals surface area contributed by atoms with Gasteiger partial charge in [-0.25, -0.2) is 8.78 Å². The molecule has 2 saturated carbocycles. The molecule has 0 heterocycles. The zero-order valence-electron chi connectivity index (χ0n) is 12.4. The SMILES string of the molecule is NC(CCN(CC1CC1)CC1CC1)c1cc(F)cc(F)c1. The van der Waals surface area contributed by atoms with Gasteiger partial charge in [-0.1, -0.05) is 0 Å². The molecule has 0 aromatic heterocycles. The van der Waals surface area contributed by atoms with Crippen LogP contribution in [0.25, 0.3) is 0 Å². The van der Waals surface area contributed by atoms with Crippen molar-refractivity contribution in [3.8, 4) is 0 Å². The van der Waals surface area contributed by atoms with Gasteiger partial charge in [0.25, 0.3) is 0 Å². The van der Waals surface area contributed by atoms with Gasteiger partial charge < -0.3 is 10.6 Å². The standard InChI is InChI=1S/C17H24F2N2/c18-15-7-14(8-16(19)9-15)17(20)5-6-21(10-12-1-2-12)11-13-3-4-13/h7-9,12-13,17H,1-6,10-11,20H2. The topological polar surface area (TPSA) is 29.3 Å². The monoisotopic (exact) mass is 294 g/mol. The molecule has 0 amide bonds. The lowest BCUT2D eigenvalue weighted by Crippen LogP contribution is -2.31. The fourth-order valence-corrected chi connectivity index (χ4v) is 2.87. The maximum Gasteiger partial charge on any atom is 0.126 e. The Balaban J connectivity index is 1.53. The first-order chi connectivity index (χ1) is 10.1. The van der Waals surface area contributed by atoms with Gasteiger partial charge in [-0.3, -0.25) is 0 Å². The highest BCUT2D eigenvalue weighted by Crippen LogP contribution is 2.34. The maximum atomic E-state index is 13.2. The van der Waals surface area contributed by atoms with Crippen LogP contribution in [0.15, 0.2) is 18.2 Å². The fraction of sp³-hybridized carbons (Fsp3) is 0.647. The Kier molecular flexibility index (Phi) is 4.55.